The standard InChI is InChI=1S/C17H20ClN3O3/c1-11-10-14(16(19)15(18)17(11)24)20-12-2-4-13(5-3-12)21(6-8-22)7-9-23/h2-5,10,22-23H,6-9,19H2,1H3. The SMILES string of the molecule is CC1=CC(=Nc2ccc(N(CCO)CCO)cc2)C(N)=C(Cl)C1=O. The van der Waals surface area contributed by atoms with Crippen LogP contribution in [0.15, 0.2) is 51.6 Å². The summed E-state index contributed by atoms with van der Waals surface area (Å²) in [5.41, 5.74) is 8.50. The van der Waals surface area contributed by atoms with Crippen molar-refractivity contribution in [2.75, 3.05) is 31.2 Å². The lowest BCUT2D eigenvalue weighted by Gasteiger charge is -2.22. The van der Waals surface area contributed by atoms with E-state index in [0.717, 1.165) is 5.69 Å². The van der Waals surface area contributed by atoms with Gasteiger partial charge in [-0.15, -0.1) is 0 Å². The molecule has 0 saturated heterocycles. The summed E-state index contributed by atoms with van der Waals surface area (Å²) in [4.78, 5) is 18.0. The highest BCUT2D eigenvalue weighted by Crippen LogP contribution is 2.24. The fraction of sp³-hybridized carbons (Fsp3) is 0.294. The van der Waals surface area contributed by atoms with Gasteiger partial charge in [0.05, 0.1) is 30.3 Å². The lowest BCUT2D eigenvalue weighted by molar-refractivity contribution is -0.111. The fourth-order valence-corrected chi connectivity index (χ4v) is 2.58. The lowest BCUT2D eigenvalue weighted by atomic mass is 10.0. The summed E-state index contributed by atoms with van der Waals surface area (Å²) >= 11 is 5.94. The van der Waals surface area contributed by atoms with Crippen LogP contribution < -0.4 is 10.6 Å². The number of nitrogens with two attached hydrogens (primary N) is 1. The molecule has 0 atom stereocenters. The number of carbonyl (C=O) groups excluding carboxylic acids is 1. The van der Waals surface area contributed by atoms with Gasteiger partial charge in [-0.25, -0.2) is 4.99 Å². The molecule has 6 nitrogen and oxygen atoms in total. The highest BCUT2D eigenvalue weighted by molar-refractivity contribution is 6.49. The van der Waals surface area contributed by atoms with Crippen LogP contribution in [0.4, 0.5) is 11.4 Å². The molecule has 0 saturated carbocycles. The molecule has 0 aromatic heterocycles. The first-order valence-electron chi connectivity index (χ1n) is 7.52. The van der Waals surface area contributed by atoms with Crippen LogP contribution in [0.3, 0.4) is 0 Å². The average molecular weight is 350 g/mol. The second kappa shape index (κ2) is 8.10. The number of carbonyl (C=O) groups is 1. The molecule has 0 radical (unpaired) electrons. The monoisotopic (exact) mass is 349 g/mol. The molecule has 1 aliphatic carbocycles. The molecule has 4 N–H and O–H groups in total. The van der Waals surface area contributed by atoms with E-state index in [2.05, 4.69) is 4.99 Å². The molecule has 0 fully saturated rings. The van der Waals surface area contributed by atoms with E-state index in [1.165, 1.54) is 0 Å². The van der Waals surface area contributed by atoms with Crippen LogP contribution in [0.1, 0.15) is 6.92 Å². The number of nitrogens with zero attached hydrogens (tertiary/aromatic N) is 2. The predicted octanol–water partition coefficient (Wildman–Crippen LogP) is 1.49. The van der Waals surface area contributed by atoms with Crippen LogP contribution in [-0.2, 0) is 4.79 Å². The van der Waals surface area contributed by atoms with Gasteiger partial charge in [0.2, 0.25) is 5.78 Å². The van der Waals surface area contributed by atoms with E-state index >= 15 is 0 Å². The zero-order valence-corrected chi connectivity index (χ0v) is 14.1. The molecule has 0 unspecified atom stereocenters. The molecular formula is C17H20ClN3O3. The summed E-state index contributed by atoms with van der Waals surface area (Å²) in [7, 11) is 0. The molecule has 0 amide bonds. The third-order valence-electron chi connectivity index (χ3n) is 3.63. The molecular weight excluding hydrogens is 330 g/mol. The molecule has 1 aliphatic rings. The smallest absolute Gasteiger partial charge is 0.202 e. The molecule has 2 rings (SSSR count). The second-order valence-corrected chi connectivity index (χ2v) is 5.71. The number of aliphatic hydroxyl groups is 2. The lowest BCUT2D eigenvalue weighted by Crippen LogP contribution is -2.29. The van der Waals surface area contributed by atoms with Crippen LogP contribution in [0, 0.1) is 0 Å². The van der Waals surface area contributed by atoms with Crippen molar-refractivity contribution in [1.82, 2.24) is 0 Å². The molecule has 1 aromatic rings. The Morgan fingerprint density at radius 3 is 2.29 bits per heavy atom. The zero-order chi connectivity index (χ0) is 17.7. The second-order valence-electron chi connectivity index (χ2n) is 5.33. The Morgan fingerprint density at radius 2 is 1.75 bits per heavy atom. The van der Waals surface area contributed by atoms with Crippen molar-refractivity contribution < 1.29 is 15.0 Å². The Labute approximate surface area is 145 Å². The first-order valence-corrected chi connectivity index (χ1v) is 7.89. The first kappa shape index (κ1) is 18.2. The number of aliphatic hydroxyl groups excluding tert-OH is 2. The summed E-state index contributed by atoms with van der Waals surface area (Å²) in [5.74, 6) is -0.285. The van der Waals surface area contributed by atoms with Crippen LogP contribution >= 0.6 is 11.6 Å². The van der Waals surface area contributed by atoms with Crippen molar-refractivity contribution in [2.24, 2.45) is 10.7 Å². The average Bonchev–Trinajstić information content (AvgIpc) is 2.58. The molecule has 0 spiro atoms. The van der Waals surface area contributed by atoms with Gasteiger partial charge >= 0.3 is 0 Å². The minimum Gasteiger partial charge on any atom is -0.396 e. The molecule has 7 heteroatoms. The number of halogens is 1. The topological polar surface area (TPSA) is 99.2 Å². The Balaban J connectivity index is 2.27. The van der Waals surface area contributed by atoms with E-state index in [-0.39, 0.29) is 29.7 Å². The van der Waals surface area contributed by atoms with Gasteiger partial charge in [0.15, 0.2) is 0 Å². The number of hydrogen-bond acceptors (Lipinski definition) is 6. The minimum absolute atomic E-state index is 0.00196. The number of anilines is 1. The fourth-order valence-electron chi connectivity index (χ4n) is 2.34. The number of benzene rings is 1. The van der Waals surface area contributed by atoms with Crippen LogP contribution in [0.5, 0.6) is 0 Å². The van der Waals surface area contributed by atoms with Gasteiger partial charge in [-0.3, -0.25) is 4.79 Å². The highest BCUT2D eigenvalue weighted by atomic mass is 35.5. The van der Waals surface area contributed by atoms with Crippen molar-refractivity contribution >= 4 is 34.5 Å². The van der Waals surface area contributed by atoms with Gasteiger partial charge in [0, 0.05) is 24.4 Å². The summed E-state index contributed by atoms with van der Waals surface area (Å²) in [6, 6.07) is 7.28. The number of hydrogen-bond donors (Lipinski definition) is 3. The maximum atomic E-state index is 11.7. The van der Waals surface area contributed by atoms with Crippen molar-refractivity contribution in [3.8, 4) is 0 Å². The minimum atomic E-state index is -0.285. The summed E-state index contributed by atoms with van der Waals surface area (Å²) < 4.78 is 0. The quantitative estimate of drug-likeness (QED) is 0.676. The van der Waals surface area contributed by atoms with Gasteiger partial charge in [-0.2, -0.15) is 0 Å². The van der Waals surface area contributed by atoms with Gasteiger partial charge in [0.1, 0.15) is 5.03 Å². The van der Waals surface area contributed by atoms with Gasteiger partial charge in [0.25, 0.3) is 0 Å². The number of Topliss-reactive ketones (excluding diaryl/α,β-unsaturated/α-hetero) is 1. The van der Waals surface area contributed by atoms with Gasteiger partial charge in [-0.05, 0) is 37.3 Å². The Morgan fingerprint density at radius 1 is 1.17 bits per heavy atom. The zero-order valence-electron chi connectivity index (χ0n) is 13.4. The van der Waals surface area contributed by atoms with Crippen LogP contribution in [0.2, 0.25) is 0 Å². The normalized spacial score (nSPS) is 16.6. The highest BCUT2D eigenvalue weighted by Gasteiger charge is 2.21. The number of ketones is 1. The van der Waals surface area contributed by atoms with E-state index in [0.29, 0.717) is 30.1 Å². The van der Waals surface area contributed by atoms with E-state index in [9.17, 15) is 4.79 Å². The number of aliphatic imine (C=N–C) groups is 1. The summed E-state index contributed by atoms with van der Waals surface area (Å²) in [5, 5.41) is 18.2. The third-order valence-corrected chi connectivity index (χ3v) is 4.00. The molecule has 24 heavy (non-hydrogen) atoms. The maximum absolute atomic E-state index is 11.7. The molecule has 0 aliphatic heterocycles. The first-order chi connectivity index (χ1) is 11.5. The van der Waals surface area contributed by atoms with Crippen LogP contribution in [0.25, 0.3) is 0 Å². The Bertz CT molecular complexity index is 702. The number of rotatable bonds is 6. The largest absolute Gasteiger partial charge is 0.396 e. The molecule has 128 valence electrons. The van der Waals surface area contributed by atoms with Gasteiger partial charge in [-0.1, -0.05) is 11.6 Å². The third kappa shape index (κ3) is 4.03. The molecule has 0 heterocycles. The Kier molecular flexibility index (Phi) is 6.14. The van der Waals surface area contributed by atoms with Crippen molar-refractivity contribution in [2.45, 2.75) is 6.92 Å². The molecule has 1 aromatic carbocycles. The van der Waals surface area contributed by atoms with E-state index in [1.807, 2.05) is 17.0 Å². The summed E-state index contributed by atoms with van der Waals surface area (Å²) in [6.45, 7) is 2.54. The summed E-state index contributed by atoms with van der Waals surface area (Å²) in [6.07, 6.45) is 1.61. The maximum Gasteiger partial charge on any atom is 0.202 e. The Hall–Kier alpha value is -2.15. The van der Waals surface area contributed by atoms with E-state index < -0.39 is 0 Å². The number of allylic oxidation sites excluding steroid dienone is 3. The van der Waals surface area contributed by atoms with Crippen LogP contribution in [-0.4, -0.2) is 48.0 Å². The van der Waals surface area contributed by atoms with Gasteiger partial charge < -0.3 is 20.8 Å². The van der Waals surface area contributed by atoms with E-state index in [1.54, 1.807) is 25.1 Å². The van der Waals surface area contributed by atoms with Crippen molar-refractivity contribution in [3.63, 3.8) is 0 Å². The van der Waals surface area contributed by atoms with Crippen molar-refractivity contribution in [1.29, 1.82) is 0 Å². The van der Waals surface area contributed by atoms with E-state index in [4.69, 9.17) is 27.5 Å². The predicted molar refractivity (Wildman–Crippen MR) is 95.8 cm³/mol. The van der Waals surface area contributed by atoms with Crippen molar-refractivity contribution in [3.05, 3.63) is 46.6 Å². The molecule has 0 bridgehead atoms.